The van der Waals surface area contributed by atoms with Gasteiger partial charge in [-0.3, -0.25) is 0 Å². The van der Waals surface area contributed by atoms with Gasteiger partial charge in [0.05, 0.1) is 17.8 Å². The lowest BCUT2D eigenvalue weighted by atomic mass is 10.1. The smallest absolute Gasteiger partial charge is 0.216 e. The van der Waals surface area contributed by atoms with E-state index in [1.54, 1.807) is 31.4 Å². The van der Waals surface area contributed by atoms with Gasteiger partial charge in [-0.2, -0.15) is 4.98 Å². The molecule has 0 amide bonds. The Morgan fingerprint density at radius 2 is 2.05 bits per heavy atom. The van der Waals surface area contributed by atoms with E-state index in [9.17, 15) is 0 Å². The van der Waals surface area contributed by atoms with Crippen molar-refractivity contribution in [2.24, 2.45) is 0 Å². The highest BCUT2D eigenvalue weighted by Gasteiger charge is 2.19. The Labute approximate surface area is 121 Å². The average molecular weight is 298 g/mol. The number of hydrogen-bond donors (Lipinski definition) is 1. The number of rotatable bonds is 3. The van der Waals surface area contributed by atoms with Crippen LogP contribution in [0.1, 0.15) is 22.5 Å². The number of aryl methyl sites for hydroxylation is 1. The quantitative estimate of drug-likeness (QED) is 0.697. The fraction of sp³-hybridized carbons (Fsp3) is 0.231. The van der Waals surface area contributed by atoms with Crippen molar-refractivity contribution in [1.29, 1.82) is 0 Å². The van der Waals surface area contributed by atoms with Crippen molar-refractivity contribution in [3.05, 3.63) is 46.4 Å². The van der Waals surface area contributed by atoms with E-state index in [0.29, 0.717) is 28.0 Å². The van der Waals surface area contributed by atoms with Crippen LogP contribution >= 0.6 is 23.2 Å². The highest BCUT2D eigenvalue weighted by atomic mass is 35.5. The van der Waals surface area contributed by atoms with Crippen molar-refractivity contribution in [3.63, 3.8) is 0 Å². The average Bonchev–Trinajstić information content (AvgIpc) is 2.40. The molecule has 0 radical (unpaired) electrons. The molecular formula is C13H13Cl2N3O. The number of ether oxygens (including phenoxy) is 1. The second-order valence-electron chi connectivity index (χ2n) is 4.02. The number of aromatic nitrogens is 2. The Balaban J connectivity index is 2.46. The lowest BCUT2D eigenvalue weighted by molar-refractivity contribution is 0.394. The number of alkyl halides is 1. The molecule has 1 heterocycles. The Bertz CT molecular complexity index is 604. The lowest BCUT2D eigenvalue weighted by Crippen LogP contribution is -2.06. The monoisotopic (exact) mass is 297 g/mol. The van der Waals surface area contributed by atoms with Crippen molar-refractivity contribution in [2.45, 2.75) is 12.3 Å². The number of hydrogen-bond acceptors (Lipinski definition) is 4. The van der Waals surface area contributed by atoms with Gasteiger partial charge in [0.25, 0.3) is 0 Å². The lowest BCUT2D eigenvalue weighted by Gasteiger charge is -2.13. The van der Waals surface area contributed by atoms with Crippen LogP contribution < -0.4 is 10.5 Å². The topological polar surface area (TPSA) is 61.0 Å². The number of nitrogen functional groups attached to an aromatic ring is 1. The molecule has 2 aromatic rings. The van der Waals surface area contributed by atoms with Crippen molar-refractivity contribution < 1.29 is 4.74 Å². The molecule has 100 valence electrons. The molecule has 0 aliphatic heterocycles. The molecule has 0 saturated heterocycles. The normalized spacial score (nSPS) is 12.2. The van der Waals surface area contributed by atoms with Gasteiger partial charge in [0.1, 0.15) is 5.38 Å². The number of nitrogens with two attached hydrogens (primary N) is 1. The van der Waals surface area contributed by atoms with E-state index in [2.05, 4.69) is 9.97 Å². The van der Waals surface area contributed by atoms with E-state index in [4.69, 9.17) is 33.7 Å². The van der Waals surface area contributed by atoms with Crippen molar-refractivity contribution in [3.8, 4) is 5.88 Å². The Kier molecular flexibility index (Phi) is 4.12. The van der Waals surface area contributed by atoms with E-state index < -0.39 is 5.38 Å². The summed E-state index contributed by atoms with van der Waals surface area (Å²) in [6.07, 6.45) is 0. The second-order valence-corrected chi connectivity index (χ2v) is 4.86. The SMILES string of the molecule is COc1cc(C)nc(C(Cl)c2cccc(Cl)c2N)n1. The number of methoxy groups -OCH3 is 1. The van der Waals surface area contributed by atoms with Gasteiger partial charge in [0, 0.05) is 17.3 Å². The summed E-state index contributed by atoms with van der Waals surface area (Å²) in [6, 6.07) is 7.03. The summed E-state index contributed by atoms with van der Waals surface area (Å²) in [6.45, 7) is 1.85. The van der Waals surface area contributed by atoms with Crippen molar-refractivity contribution >= 4 is 28.9 Å². The maximum absolute atomic E-state index is 6.39. The first kappa shape index (κ1) is 13.9. The zero-order chi connectivity index (χ0) is 14.0. The largest absolute Gasteiger partial charge is 0.481 e. The van der Waals surface area contributed by atoms with Gasteiger partial charge < -0.3 is 10.5 Å². The molecule has 0 aliphatic carbocycles. The Morgan fingerprint density at radius 1 is 1.32 bits per heavy atom. The number of anilines is 1. The predicted octanol–water partition coefficient (Wildman–Crippen LogP) is 3.36. The first-order chi connectivity index (χ1) is 9.02. The molecule has 1 atom stereocenters. The van der Waals surface area contributed by atoms with Crippen LogP contribution in [0, 0.1) is 6.92 Å². The number of halogens is 2. The summed E-state index contributed by atoms with van der Waals surface area (Å²) in [4.78, 5) is 8.54. The molecule has 2 rings (SSSR count). The number of para-hydroxylation sites is 1. The first-order valence-corrected chi connectivity index (χ1v) is 6.42. The molecule has 1 aromatic heterocycles. The van der Waals surface area contributed by atoms with E-state index >= 15 is 0 Å². The zero-order valence-corrected chi connectivity index (χ0v) is 12.0. The Hall–Kier alpha value is -1.52. The zero-order valence-electron chi connectivity index (χ0n) is 10.5. The molecule has 0 bridgehead atoms. The minimum Gasteiger partial charge on any atom is -0.481 e. The maximum Gasteiger partial charge on any atom is 0.216 e. The van der Waals surface area contributed by atoms with Crippen LogP contribution in [-0.4, -0.2) is 17.1 Å². The molecule has 0 saturated carbocycles. The van der Waals surface area contributed by atoms with Crippen LogP contribution in [0.3, 0.4) is 0 Å². The van der Waals surface area contributed by atoms with Crippen LogP contribution in [0.4, 0.5) is 5.69 Å². The molecule has 1 unspecified atom stereocenters. The summed E-state index contributed by atoms with van der Waals surface area (Å²) >= 11 is 12.4. The minimum absolute atomic E-state index is 0.437. The van der Waals surface area contributed by atoms with E-state index in [0.717, 1.165) is 5.69 Å². The first-order valence-electron chi connectivity index (χ1n) is 5.60. The molecule has 0 fully saturated rings. The third-order valence-electron chi connectivity index (χ3n) is 2.64. The minimum atomic E-state index is -0.576. The summed E-state index contributed by atoms with van der Waals surface area (Å²) in [5, 5.41) is -0.115. The van der Waals surface area contributed by atoms with Crippen LogP contribution in [0.15, 0.2) is 24.3 Å². The summed E-state index contributed by atoms with van der Waals surface area (Å²) in [5.41, 5.74) is 7.82. The summed E-state index contributed by atoms with van der Waals surface area (Å²) in [7, 11) is 1.54. The van der Waals surface area contributed by atoms with E-state index in [1.807, 2.05) is 6.92 Å². The third-order valence-corrected chi connectivity index (χ3v) is 3.40. The van der Waals surface area contributed by atoms with Gasteiger partial charge in [0.15, 0.2) is 5.82 Å². The maximum atomic E-state index is 6.39. The van der Waals surface area contributed by atoms with Gasteiger partial charge in [-0.25, -0.2) is 4.98 Å². The molecular weight excluding hydrogens is 285 g/mol. The molecule has 19 heavy (non-hydrogen) atoms. The standard InChI is InChI=1S/C13H13Cl2N3O/c1-7-6-10(19-2)18-13(17-7)11(15)8-4-3-5-9(14)12(8)16/h3-6,11H,16H2,1-2H3. The number of benzene rings is 1. The van der Waals surface area contributed by atoms with E-state index in [1.165, 1.54) is 0 Å². The molecule has 2 N–H and O–H groups in total. The summed E-state index contributed by atoms with van der Waals surface area (Å²) < 4.78 is 5.11. The van der Waals surface area contributed by atoms with Crippen LogP contribution in [0.5, 0.6) is 5.88 Å². The second kappa shape index (κ2) is 5.63. The highest BCUT2D eigenvalue weighted by Crippen LogP contribution is 2.34. The molecule has 0 aliphatic rings. The van der Waals surface area contributed by atoms with Crippen LogP contribution in [0.25, 0.3) is 0 Å². The third kappa shape index (κ3) is 2.91. The molecule has 1 aromatic carbocycles. The highest BCUT2D eigenvalue weighted by molar-refractivity contribution is 6.33. The van der Waals surface area contributed by atoms with Gasteiger partial charge in [-0.15, -0.1) is 11.6 Å². The fourth-order valence-electron chi connectivity index (χ4n) is 1.69. The van der Waals surface area contributed by atoms with Crippen LogP contribution in [0.2, 0.25) is 5.02 Å². The fourth-order valence-corrected chi connectivity index (χ4v) is 2.16. The van der Waals surface area contributed by atoms with Gasteiger partial charge in [0.2, 0.25) is 5.88 Å². The van der Waals surface area contributed by atoms with Crippen molar-refractivity contribution in [2.75, 3.05) is 12.8 Å². The molecule has 0 spiro atoms. The van der Waals surface area contributed by atoms with Gasteiger partial charge >= 0.3 is 0 Å². The number of nitrogens with zero attached hydrogens (tertiary/aromatic N) is 2. The molecule has 6 heteroatoms. The van der Waals surface area contributed by atoms with Crippen molar-refractivity contribution in [1.82, 2.24) is 9.97 Å². The van der Waals surface area contributed by atoms with Crippen LogP contribution in [-0.2, 0) is 0 Å². The predicted molar refractivity (Wildman–Crippen MR) is 76.9 cm³/mol. The van der Waals surface area contributed by atoms with E-state index in [-0.39, 0.29) is 0 Å². The molecule has 4 nitrogen and oxygen atoms in total. The summed E-state index contributed by atoms with van der Waals surface area (Å²) in [5.74, 6) is 0.904. The van der Waals surface area contributed by atoms with Gasteiger partial charge in [-0.05, 0) is 13.0 Å². The Morgan fingerprint density at radius 3 is 2.74 bits per heavy atom. The van der Waals surface area contributed by atoms with Gasteiger partial charge in [-0.1, -0.05) is 23.7 Å².